The summed E-state index contributed by atoms with van der Waals surface area (Å²) in [6.45, 7) is 9.21. The first-order valence-corrected chi connectivity index (χ1v) is 9.61. The molecule has 28 heavy (non-hydrogen) atoms. The third kappa shape index (κ3) is 44.0. The van der Waals surface area contributed by atoms with Gasteiger partial charge in [0.15, 0.2) is 0 Å². The quantitative estimate of drug-likeness (QED) is 0.250. The van der Waals surface area contributed by atoms with Gasteiger partial charge in [0.2, 0.25) is 0 Å². The Morgan fingerprint density at radius 3 is 1.64 bits per heavy atom. The minimum absolute atomic E-state index is 0.419. The number of hydrogen-bond donors (Lipinski definition) is 0. The molecule has 0 amide bonds. The van der Waals surface area contributed by atoms with E-state index in [0.29, 0.717) is 32.5 Å². The predicted molar refractivity (Wildman–Crippen MR) is 110 cm³/mol. The van der Waals surface area contributed by atoms with Gasteiger partial charge in [-0.15, -0.1) is 0 Å². The van der Waals surface area contributed by atoms with Crippen LogP contribution < -0.4 is 0 Å². The summed E-state index contributed by atoms with van der Waals surface area (Å²) in [5.74, 6) is 0. The highest BCUT2D eigenvalue weighted by molar-refractivity contribution is 7.44. The second-order valence-corrected chi connectivity index (χ2v) is 6.42. The van der Waals surface area contributed by atoms with E-state index in [1.165, 1.54) is 0 Å². The third-order valence-corrected chi connectivity index (χ3v) is 3.75. The van der Waals surface area contributed by atoms with Gasteiger partial charge in [-0.05, 0) is 33.4 Å². The van der Waals surface area contributed by atoms with Gasteiger partial charge in [-0.1, -0.05) is 13.3 Å². The normalized spacial score (nSPS) is 9.25. The van der Waals surface area contributed by atoms with E-state index < -0.39 is 8.53 Å². The van der Waals surface area contributed by atoms with E-state index in [0.717, 1.165) is 38.3 Å². The Hall–Kier alpha value is -1.85. The molecule has 1 unspecified atom stereocenters. The van der Waals surface area contributed by atoms with Gasteiger partial charge < -0.3 is 33.0 Å². The molecule has 0 aliphatic rings. The second kappa shape index (κ2) is 44.5. The van der Waals surface area contributed by atoms with Crippen molar-refractivity contribution >= 4 is 41.5 Å². The standard InChI is InChI=1S/C8H17N2O2P.C7H12O2.3CH2O/c1-4-7-11-13(10(2)3)12-8-5-6-9;8-6-4-2-1-3-5-7-9;3*1-2/h4-5,7-8H2,1-3H3;6-7H,1-5H2;3*1H2. The van der Waals surface area contributed by atoms with Gasteiger partial charge in [-0.2, -0.15) is 5.26 Å². The van der Waals surface area contributed by atoms with E-state index in [1.807, 2.05) is 45.2 Å². The lowest BCUT2D eigenvalue weighted by molar-refractivity contribution is -0.108. The van der Waals surface area contributed by atoms with Crippen molar-refractivity contribution in [2.24, 2.45) is 0 Å². The number of aldehydes is 2. The first-order chi connectivity index (χ1) is 13.6. The van der Waals surface area contributed by atoms with Crippen LogP contribution in [0.5, 0.6) is 0 Å². The Bertz CT molecular complexity index is 328. The van der Waals surface area contributed by atoms with E-state index in [4.69, 9.17) is 28.7 Å². The van der Waals surface area contributed by atoms with Crippen LogP contribution in [0.25, 0.3) is 0 Å². The minimum Gasteiger partial charge on any atom is -0.322 e. The van der Waals surface area contributed by atoms with Crippen molar-refractivity contribution in [3.8, 4) is 6.07 Å². The van der Waals surface area contributed by atoms with Crippen molar-refractivity contribution in [1.82, 2.24) is 4.67 Å². The number of carbonyl (C=O) groups is 5. The maximum Gasteiger partial charge on any atom is 0.258 e. The highest BCUT2D eigenvalue weighted by Crippen LogP contribution is 2.40. The molecule has 0 rings (SSSR count). The number of hydrogen-bond acceptors (Lipinski definition) is 9. The summed E-state index contributed by atoms with van der Waals surface area (Å²) in [5, 5.41) is 8.32. The molecule has 164 valence electrons. The zero-order chi connectivity index (χ0) is 23.1. The van der Waals surface area contributed by atoms with Crippen LogP contribution in [-0.4, -0.2) is 64.9 Å². The average Bonchev–Trinajstić information content (AvgIpc) is 2.75. The van der Waals surface area contributed by atoms with Crippen molar-refractivity contribution < 1.29 is 33.0 Å². The number of nitrogens with zero attached hydrogens (tertiary/aromatic N) is 2. The van der Waals surface area contributed by atoms with Gasteiger partial charge in [0, 0.05) is 12.8 Å². The predicted octanol–water partition coefficient (Wildman–Crippen LogP) is 2.91. The molecular weight excluding hydrogens is 387 g/mol. The lowest BCUT2D eigenvalue weighted by atomic mass is 10.2. The van der Waals surface area contributed by atoms with E-state index >= 15 is 0 Å². The van der Waals surface area contributed by atoms with Crippen LogP contribution in [0, 0.1) is 11.3 Å². The molecule has 0 saturated heterocycles. The first-order valence-electron chi connectivity index (χ1n) is 8.48. The first kappa shape index (κ1) is 37.0. The highest BCUT2D eigenvalue weighted by atomic mass is 31.2. The molecule has 0 aromatic carbocycles. The molecule has 1 atom stereocenters. The summed E-state index contributed by atoms with van der Waals surface area (Å²) in [7, 11) is 2.87. The van der Waals surface area contributed by atoms with E-state index in [2.05, 4.69) is 6.92 Å². The molecule has 0 aliphatic carbocycles. The summed E-state index contributed by atoms with van der Waals surface area (Å²) in [6.07, 6.45) is 7.36. The van der Waals surface area contributed by atoms with Crippen LogP contribution in [0.4, 0.5) is 0 Å². The number of nitriles is 1. The summed E-state index contributed by atoms with van der Waals surface area (Å²) < 4.78 is 12.8. The van der Waals surface area contributed by atoms with Crippen molar-refractivity contribution in [3.63, 3.8) is 0 Å². The Morgan fingerprint density at radius 2 is 1.32 bits per heavy atom. The van der Waals surface area contributed by atoms with Crippen molar-refractivity contribution in [2.75, 3.05) is 27.3 Å². The van der Waals surface area contributed by atoms with Crippen LogP contribution in [0.15, 0.2) is 0 Å². The SMILES string of the molecule is C=O.C=O.C=O.CCCOP(OCCC#N)N(C)C.O=CCCCCCC=O. The molecule has 0 radical (unpaired) electrons. The van der Waals surface area contributed by atoms with Crippen LogP contribution in [0.3, 0.4) is 0 Å². The van der Waals surface area contributed by atoms with Crippen LogP contribution >= 0.6 is 8.53 Å². The van der Waals surface area contributed by atoms with Crippen LogP contribution in [0.1, 0.15) is 51.9 Å². The summed E-state index contributed by atoms with van der Waals surface area (Å²) in [4.78, 5) is 43.5. The lowest BCUT2D eigenvalue weighted by Crippen LogP contribution is -2.10. The smallest absolute Gasteiger partial charge is 0.258 e. The largest absolute Gasteiger partial charge is 0.322 e. The van der Waals surface area contributed by atoms with Crippen molar-refractivity contribution in [1.29, 1.82) is 5.26 Å². The topological polar surface area (TPSA) is 131 Å². The summed E-state index contributed by atoms with van der Waals surface area (Å²) >= 11 is 0. The molecule has 0 N–H and O–H groups in total. The maximum atomic E-state index is 9.77. The molecule has 9 nitrogen and oxygen atoms in total. The number of rotatable bonds is 13. The molecule has 0 aromatic rings. The van der Waals surface area contributed by atoms with E-state index in [1.54, 1.807) is 0 Å². The van der Waals surface area contributed by atoms with Gasteiger partial charge in [0.25, 0.3) is 8.53 Å². The number of unbranched alkanes of at least 4 members (excludes halogenated alkanes) is 4. The molecule has 0 saturated carbocycles. The Kier molecular flexibility index (Phi) is 58.8. The summed E-state index contributed by atoms with van der Waals surface area (Å²) in [5.41, 5.74) is 0. The van der Waals surface area contributed by atoms with Crippen LogP contribution in [-0.2, 0) is 33.0 Å². The van der Waals surface area contributed by atoms with E-state index in [9.17, 15) is 9.59 Å². The summed E-state index contributed by atoms with van der Waals surface area (Å²) in [6, 6.07) is 2.03. The molecule has 0 fully saturated rings. The highest BCUT2D eigenvalue weighted by Gasteiger charge is 2.12. The average molecular weight is 422 g/mol. The van der Waals surface area contributed by atoms with Gasteiger partial charge in [-0.25, -0.2) is 4.67 Å². The monoisotopic (exact) mass is 422 g/mol. The lowest BCUT2D eigenvalue weighted by Gasteiger charge is -2.21. The van der Waals surface area contributed by atoms with Crippen LogP contribution in [0.2, 0.25) is 0 Å². The zero-order valence-electron chi connectivity index (χ0n) is 17.3. The Balaban J connectivity index is -0.000000102. The second-order valence-electron chi connectivity index (χ2n) is 4.63. The molecular formula is C18H35N2O7P. The molecule has 0 heterocycles. The van der Waals surface area contributed by atoms with Gasteiger partial charge in [-0.3, -0.25) is 0 Å². The van der Waals surface area contributed by atoms with Gasteiger partial charge in [0.1, 0.15) is 32.9 Å². The fraction of sp³-hybridized carbons (Fsp3) is 0.667. The molecule has 0 aliphatic heterocycles. The number of carbonyl (C=O) groups excluding carboxylic acids is 5. The van der Waals surface area contributed by atoms with Gasteiger partial charge >= 0.3 is 0 Å². The van der Waals surface area contributed by atoms with Gasteiger partial charge in [0.05, 0.1) is 25.7 Å². The Labute approximate surface area is 170 Å². The molecule has 0 aromatic heterocycles. The maximum absolute atomic E-state index is 9.77. The Morgan fingerprint density at radius 1 is 0.893 bits per heavy atom. The fourth-order valence-electron chi connectivity index (χ4n) is 1.24. The van der Waals surface area contributed by atoms with E-state index in [-0.39, 0.29) is 0 Å². The fourth-order valence-corrected chi connectivity index (χ4v) is 2.36. The molecule has 0 spiro atoms. The molecule has 0 bridgehead atoms. The molecule has 10 heteroatoms. The minimum atomic E-state index is -0.955. The third-order valence-electron chi connectivity index (χ3n) is 2.29. The van der Waals surface area contributed by atoms with Crippen molar-refractivity contribution in [2.45, 2.75) is 51.9 Å². The van der Waals surface area contributed by atoms with Crippen molar-refractivity contribution in [3.05, 3.63) is 0 Å². The zero-order valence-corrected chi connectivity index (χ0v) is 18.2.